The van der Waals surface area contributed by atoms with Crippen LogP contribution < -0.4 is 5.32 Å². The van der Waals surface area contributed by atoms with Crippen molar-refractivity contribution in [2.24, 2.45) is 0 Å². The molecular formula is C15H12F6N2OS. The molecule has 1 aromatic carbocycles. The van der Waals surface area contributed by atoms with Gasteiger partial charge in [0.25, 0.3) is 0 Å². The van der Waals surface area contributed by atoms with Crippen molar-refractivity contribution in [1.82, 2.24) is 4.90 Å². The molecule has 2 aromatic rings. The van der Waals surface area contributed by atoms with Crippen molar-refractivity contribution in [3.8, 4) is 0 Å². The van der Waals surface area contributed by atoms with Gasteiger partial charge in [0.05, 0.1) is 5.56 Å². The quantitative estimate of drug-likeness (QED) is 0.709. The number of hydrogen-bond acceptors (Lipinski definition) is 2. The zero-order chi connectivity index (χ0) is 18.7. The summed E-state index contributed by atoms with van der Waals surface area (Å²) in [6.07, 6.45) is -9.26. The summed E-state index contributed by atoms with van der Waals surface area (Å²) in [5.74, 6) is 0. The molecule has 0 unspecified atom stereocenters. The van der Waals surface area contributed by atoms with Crippen LogP contribution in [0.1, 0.15) is 11.1 Å². The topological polar surface area (TPSA) is 32.3 Å². The largest absolute Gasteiger partial charge is 0.416 e. The number of urea groups is 1. The van der Waals surface area contributed by atoms with Gasteiger partial charge < -0.3 is 10.2 Å². The minimum absolute atomic E-state index is 0.239. The van der Waals surface area contributed by atoms with E-state index in [0.717, 1.165) is 12.1 Å². The lowest BCUT2D eigenvalue weighted by molar-refractivity contribution is -0.140. The van der Waals surface area contributed by atoms with E-state index in [9.17, 15) is 31.1 Å². The predicted octanol–water partition coefficient (Wildman–Crippen LogP) is 5.36. The minimum atomic E-state index is -4.64. The molecule has 0 radical (unpaired) electrons. The summed E-state index contributed by atoms with van der Waals surface area (Å²) < 4.78 is 76.1. The molecule has 0 fully saturated rings. The fraction of sp³-hybridized carbons (Fsp3) is 0.267. The third kappa shape index (κ3) is 5.96. The molecule has 2 rings (SSSR count). The van der Waals surface area contributed by atoms with Gasteiger partial charge in [-0.15, -0.1) is 0 Å². The van der Waals surface area contributed by atoms with Gasteiger partial charge in [-0.1, -0.05) is 6.07 Å². The number of alkyl halides is 6. The van der Waals surface area contributed by atoms with Gasteiger partial charge in [0.15, 0.2) is 0 Å². The Balaban J connectivity index is 2.16. The Morgan fingerprint density at radius 1 is 1.12 bits per heavy atom. The van der Waals surface area contributed by atoms with Crippen molar-refractivity contribution >= 4 is 23.1 Å². The second-order valence-electron chi connectivity index (χ2n) is 5.11. The molecule has 3 nitrogen and oxygen atoms in total. The number of amides is 2. The Hall–Kier alpha value is -2.23. The third-order valence-corrected chi connectivity index (χ3v) is 3.78. The first-order chi connectivity index (χ1) is 11.5. The number of rotatable bonds is 4. The van der Waals surface area contributed by atoms with E-state index in [2.05, 4.69) is 5.32 Å². The van der Waals surface area contributed by atoms with Crippen molar-refractivity contribution in [3.05, 3.63) is 52.2 Å². The van der Waals surface area contributed by atoms with E-state index >= 15 is 0 Å². The van der Waals surface area contributed by atoms with Gasteiger partial charge in [-0.25, -0.2) is 4.79 Å². The summed E-state index contributed by atoms with van der Waals surface area (Å²) in [7, 11) is 0. The number of benzene rings is 1. The summed E-state index contributed by atoms with van der Waals surface area (Å²) in [6, 6.07) is 4.12. The van der Waals surface area contributed by atoms with Gasteiger partial charge in [-0.3, -0.25) is 0 Å². The first kappa shape index (κ1) is 19.1. The lowest BCUT2D eigenvalue weighted by atomic mass is 10.2. The third-order valence-electron chi connectivity index (χ3n) is 3.05. The standard InChI is InChI=1S/C15H12F6N2OS/c16-14(17,18)9-23(7-10-4-5-25-8-10)13(24)22-12-3-1-2-11(6-12)15(19,20)21/h1-6,8H,7,9H2,(H,22,24). The maximum atomic E-state index is 12.7. The Morgan fingerprint density at radius 2 is 1.84 bits per heavy atom. The normalized spacial score (nSPS) is 12.1. The molecule has 1 aromatic heterocycles. The van der Waals surface area contributed by atoms with Gasteiger partial charge in [0.2, 0.25) is 0 Å². The molecule has 25 heavy (non-hydrogen) atoms. The second-order valence-corrected chi connectivity index (χ2v) is 5.89. The van der Waals surface area contributed by atoms with Crippen LogP contribution in [0.15, 0.2) is 41.1 Å². The van der Waals surface area contributed by atoms with E-state index < -0.39 is 30.5 Å². The van der Waals surface area contributed by atoms with Crippen LogP contribution in [0.5, 0.6) is 0 Å². The second kappa shape index (κ2) is 7.34. The minimum Gasteiger partial charge on any atom is -0.311 e. The molecule has 2 amide bonds. The van der Waals surface area contributed by atoms with E-state index in [1.54, 1.807) is 16.8 Å². The monoisotopic (exact) mass is 382 g/mol. The summed E-state index contributed by atoms with van der Waals surface area (Å²) in [5, 5.41) is 5.31. The molecule has 0 aliphatic carbocycles. The molecule has 0 saturated heterocycles. The number of halogens is 6. The van der Waals surface area contributed by atoms with Crippen molar-refractivity contribution in [2.45, 2.75) is 18.9 Å². The number of hydrogen-bond donors (Lipinski definition) is 1. The fourth-order valence-electron chi connectivity index (χ4n) is 1.99. The van der Waals surface area contributed by atoms with Gasteiger partial charge in [-0.05, 0) is 40.6 Å². The molecule has 0 atom stereocenters. The van der Waals surface area contributed by atoms with Crippen LogP contribution in [-0.4, -0.2) is 23.7 Å². The smallest absolute Gasteiger partial charge is 0.311 e. The Bertz CT molecular complexity index is 712. The van der Waals surface area contributed by atoms with Crippen LogP contribution in [0.4, 0.5) is 36.8 Å². The maximum absolute atomic E-state index is 12.7. The van der Waals surface area contributed by atoms with Crippen LogP contribution in [0, 0.1) is 0 Å². The highest BCUT2D eigenvalue weighted by Gasteiger charge is 2.34. The lowest BCUT2D eigenvalue weighted by Gasteiger charge is -2.24. The predicted molar refractivity (Wildman–Crippen MR) is 81.2 cm³/mol. The van der Waals surface area contributed by atoms with Crippen molar-refractivity contribution in [1.29, 1.82) is 0 Å². The zero-order valence-corrected chi connectivity index (χ0v) is 13.3. The summed E-state index contributed by atoms with van der Waals surface area (Å²) in [5.41, 5.74) is -0.753. The maximum Gasteiger partial charge on any atom is 0.416 e. The summed E-state index contributed by atoms with van der Waals surface area (Å²) in [6.45, 7) is -1.83. The first-order valence-corrected chi connectivity index (χ1v) is 7.80. The highest BCUT2D eigenvalue weighted by molar-refractivity contribution is 7.07. The number of carbonyl (C=O) groups is 1. The van der Waals surface area contributed by atoms with Crippen molar-refractivity contribution < 1.29 is 31.1 Å². The molecule has 0 aliphatic rings. The van der Waals surface area contributed by atoms with E-state index in [1.807, 2.05) is 0 Å². The Kier molecular flexibility index (Phi) is 5.61. The van der Waals surface area contributed by atoms with E-state index in [1.165, 1.54) is 17.4 Å². The van der Waals surface area contributed by atoms with Crippen molar-refractivity contribution in [3.63, 3.8) is 0 Å². The zero-order valence-electron chi connectivity index (χ0n) is 12.5. The SMILES string of the molecule is O=C(Nc1cccc(C(F)(F)F)c1)N(Cc1ccsc1)CC(F)(F)F. The number of anilines is 1. The van der Waals surface area contributed by atoms with Crippen LogP contribution in [-0.2, 0) is 12.7 Å². The molecular weight excluding hydrogens is 370 g/mol. The highest BCUT2D eigenvalue weighted by Crippen LogP contribution is 2.30. The van der Waals surface area contributed by atoms with E-state index in [-0.39, 0.29) is 12.2 Å². The van der Waals surface area contributed by atoms with E-state index in [4.69, 9.17) is 0 Å². The molecule has 0 bridgehead atoms. The number of nitrogens with one attached hydrogen (secondary N) is 1. The van der Waals surface area contributed by atoms with Gasteiger partial charge >= 0.3 is 18.4 Å². The molecule has 1 N–H and O–H groups in total. The van der Waals surface area contributed by atoms with Gasteiger partial charge in [-0.2, -0.15) is 37.7 Å². The van der Waals surface area contributed by atoms with Crippen LogP contribution in [0.25, 0.3) is 0 Å². The molecule has 1 heterocycles. The lowest BCUT2D eigenvalue weighted by Crippen LogP contribution is -2.41. The van der Waals surface area contributed by atoms with Gasteiger partial charge in [0.1, 0.15) is 6.54 Å². The molecule has 0 saturated carbocycles. The Labute approximate surface area is 142 Å². The Morgan fingerprint density at radius 3 is 2.40 bits per heavy atom. The number of thiophene rings is 1. The van der Waals surface area contributed by atoms with Crippen LogP contribution >= 0.6 is 11.3 Å². The van der Waals surface area contributed by atoms with Crippen LogP contribution in [0.3, 0.4) is 0 Å². The molecule has 10 heteroatoms. The average molecular weight is 382 g/mol. The number of nitrogens with zero attached hydrogens (tertiary/aromatic N) is 1. The van der Waals surface area contributed by atoms with E-state index in [0.29, 0.717) is 16.5 Å². The molecule has 0 aliphatic heterocycles. The average Bonchev–Trinajstić information content (AvgIpc) is 2.97. The highest BCUT2D eigenvalue weighted by atomic mass is 32.1. The molecule has 0 spiro atoms. The number of carbonyl (C=O) groups excluding carboxylic acids is 1. The first-order valence-electron chi connectivity index (χ1n) is 6.85. The van der Waals surface area contributed by atoms with Crippen LogP contribution in [0.2, 0.25) is 0 Å². The summed E-state index contributed by atoms with van der Waals surface area (Å²) >= 11 is 1.26. The van der Waals surface area contributed by atoms with Crippen molar-refractivity contribution in [2.75, 3.05) is 11.9 Å². The van der Waals surface area contributed by atoms with Gasteiger partial charge in [0, 0.05) is 12.2 Å². The summed E-state index contributed by atoms with van der Waals surface area (Å²) in [4.78, 5) is 12.6. The fourth-order valence-corrected chi connectivity index (χ4v) is 2.65. The molecule has 136 valence electrons.